The first-order valence-corrected chi connectivity index (χ1v) is 8.40. The number of benzene rings is 1. The van der Waals surface area contributed by atoms with Crippen molar-refractivity contribution in [2.45, 2.75) is 19.5 Å². The molecule has 130 valence electrons. The molecule has 1 aromatic carbocycles. The third kappa shape index (κ3) is 3.29. The van der Waals surface area contributed by atoms with Gasteiger partial charge in [-0.2, -0.15) is 0 Å². The Morgan fingerprint density at radius 3 is 2.77 bits per heavy atom. The van der Waals surface area contributed by atoms with Crippen molar-refractivity contribution in [1.82, 2.24) is 19.9 Å². The van der Waals surface area contributed by atoms with Crippen molar-refractivity contribution in [2.75, 3.05) is 6.54 Å². The number of hydrogen-bond acceptors (Lipinski definition) is 6. The number of nitro groups is 1. The largest absolute Gasteiger partial charge is 0.294 e. The fourth-order valence-electron chi connectivity index (χ4n) is 3.21. The third-order valence-corrected chi connectivity index (χ3v) is 4.53. The van der Waals surface area contributed by atoms with E-state index in [1.807, 2.05) is 30.5 Å². The first kappa shape index (κ1) is 16.3. The van der Waals surface area contributed by atoms with Crippen molar-refractivity contribution in [3.63, 3.8) is 0 Å². The van der Waals surface area contributed by atoms with Gasteiger partial charge in [0.2, 0.25) is 0 Å². The summed E-state index contributed by atoms with van der Waals surface area (Å²) < 4.78 is 0. The van der Waals surface area contributed by atoms with Crippen LogP contribution in [0.3, 0.4) is 0 Å². The molecule has 3 heterocycles. The summed E-state index contributed by atoms with van der Waals surface area (Å²) in [4.78, 5) is 26.3. The van der Waals surface area contributed by atoms with Gasteiger partial charge in [0, 0.05) is 67.4 Å². The second kappa shape index (κ2) is 6.97. The second-order valence-corrected chi connectivity index (χ2v) is 6.25. The van der Waals surface area contributed by atoms with Gasteiger partial charge in [-0.25, -0.2) is 9.97 Å². The van der Waals surface area contributed by atoms with Crippen LogP contribution in [0.15, 0.2) is 55.0 Å². The molecule has 4 rings (SSSR count). The van der Waals surface area contributed by atoms with Crippen molar-refractivity contribution in [3.05, 3.63) is 81.9 Å². The maximum Gasteiger partial charge on any atom is 0.273 e. The molecular weight excluding hydrogens is 330 g/mol. The molecule has 7 nitrogen and oxygen atoms in total. The van der Waals surface area contributed by atoms with Gasteiger partial charge in [-0.15, -0.1) is 0 Å². The minimum absolute atomic E-state index is 0.169. The fraction of sp³-hybridized carbons (Fsp3) is 0.211. The summed E-state index contributed by atoms with van der Waals surface area (Å²) in [6.07, 6.45) is 6.12. The predicted octanol–water partition coefficient (Wildman–Crippen LogP) is 3.01. The van der Waals surface area contributed by atoms with Crippen molar-refractivity contribution in [2.24, 2.45) is 0 Å². The summed E-state index contributed by atoms with van der Waals surface area (Å²) in [6.45, 7) is 2.05. The highest BCUT2D eigenvalue weighted by Gasteiger charge is 2.21. The molecule has 0 fully saturated rings. The van der Waals surface area contributed by atoms with Crippen molar-refractivity contribution >= 4 is 5.69 Å². The number of aromatic nitrogens is 3. The number of hydrogen-bond donors (Lipinski definition) is 0. The average molecular weight is 347 g/mol. The van der Waals surface area contributed by atoms with E-state index in [4.69, 9.17) is 4.98 Å². The molecule has 0 spiro atoms. The monoisotopic (exact) mass is 347 g/mol. The van der Waals surface area contributed by atoms with E-state index in [1.165, 1.54) is 0 Å². The molecular formula is C19H17N5O2. The van der Waals surface area contributed by atoms with E-state index in [0.717, 1.165) is 35.3 Å². The Kier molecular flexibility index (Phi) is 4.37. The maximum absolute atomic E-state index is 11.2. The third-order valence-electron chi connectivity index (χ3n) is 4.53. The van der Waals surface area contributed by atoms with Crippen LogP contribution < -0.4 is 0 Å². The molecule has 0 N–H and O–H groups in total. The van der Waals surface area contributed by atoms with Gasteiger partial charge in [0.15, 0.2) is 5.82 Å². The first-order valence-electron chi connectivity index (χ1n) is 8.40. The Bertz CT molecular complexity index is 946. The summed E-state index contributed by atoms with van der Waals surface area (Å²) in [5, 5.41) is 11.2. The number of rotatable bonds is 4. The highest BCUT2D eigenvalue weighted by molar-refractivity contribution is 5.54. The smallest absolute Gasteiger partial charge is 0.273 e. The minimum Gasteiger partial charge on any atom is -0.294 e. The molecule has 0 saturated heterocycles. The van der Waals surface area contributed by atoms with E-state index in [9.17, 15) is 10.1 Å². The van der Waals surface area contributed by atoms with Gasteiger partial charge in [-0.1, -0.05) is 18.2 Å². The molecule has 0 bridgehead atoms. The number of para-hydroxylation sites is 1. The Labute approximate surface area is 150 Å². The van der Waals surface area contributed by atoms with Crippen LogP contribution in [-0.4, -0.2) is 31.3 Å². The summed E-state index contributed by atoms with van der Waals surface area (Å²) in [5.74, 6) is 0.707. The molecule has 26 heavy (non-hydrogen) atoms. The van der Waals surface area contributed by atoms with Gasteiger partial charge in [-0.3, -0.25) is 20.0 Å². The molecule has 1 aliphatic rings. The predicted molar refractivity (Wildman–Crippen MR) is 96.2 cm³/mol. The average Bonchev–Trinajstić information content (AvgIpc) is 2.68. The Hall–Kier alpha value is -3.19. The lowest BCUT2D eigenvalue weighted by Gasteiger charge is -2.28. The molecule has 0 unspecified atom stereocenters. The van der Waals surface area contributed by atoms with Gasteiger partial charge in [-0.05, 0) is 12.1 Å². The van der Waals surface area contributed by atoms with Crippen LogP contribution in [0.2, 0.25) is 0 Å². The normalized spacial score (nSPS) is 14.0. The van der Waals surface area contributed by atoms with Crippen LogP contribution in [0.1, 0.15) is 16.8 Å². The van der Waals surface area contributed by atoms with Gasteiger partial charge in [0.1, 0.15) is 0 Å². The summed E-state index contributed by atoms with van der Waals surface area (Å²) >= 11 is 0. The lowest BCUT2D eigenvalue weighted by molar-refractivity contribution is -0.385. The molecule has 3 aromatic rings. The standard InChI is InChI=1S/C19H17N5O2/c25-24(26)18-4-2-1-3-15(18)12-23-10-7-17-16(13-23)11-21-19(22-17)14-5-8-20-9-6-14/h1-6,8-9,11H,7,10,12-13H2. The van der Waals surface area contributed by atoms with E-state index >= 15 is 0 Å². The van der Waals surface area contributed by atoms with Gasteiger partial charge >= 0.3 is 0 Å². The molecule has 0 atom stereocenters. The van der Waals surface area contributed by atoms with Crippen LogP contribution in [0.25, 0.3) is 11.4 Å². The van der Waals surface area contributed by atoms with Crippen molar-refractivity contribution < 1.29 is 4.92 Å². The second-order valence-electron chi connectivity index (χ2n) is 6.25. The van der Waals surface area contributed by atoms with E-state index in [0.29, 0.717) is 18.9 Å². The van der Waals surface area contributed by atoms with Crippen LogP contribution in [0, 0.1) is 10.1 Å². The summed E-state index contributed by atoms with van der Waals surface area (Å²) in [6, 6.07) is 10.7. The van der Waals surface area contributed by atoms with Crippen LogP contribution in [0.5, 0.6) is 0 Å². The van der Waals surface area contributed by atoms with Crippen molar-refractivity contribution in [1.29, 1.82) is 0 Å². The highest BCUT2D eigenvalue weighted by atomic mass is 16.6. The molecule has 7 heteroatoms. The minimum atomic E-state index is -0.322. The Balaban J connectivity index is 1.53. The van der Waals surface area contributed by atoms with Gasteiger partial charge in [0.25, 0.3) is 5.69 Å². The topological polar surface area (TPSA) is 85.0 Å². The molecule has 0 radical (unpaired) electrons. The molecule has 0 saturated carbocycles. The van der Waals surface area contributed by atoms with E-state index in [-0.39, 0.29) is 10.6 Å². The quantitative estimate of drug-likeness (QED) is 0.533. The zero-order chi connectivity index (χ0) is 17.9. The lowest BCUT2D eigenvalue weighted by atomic mass is 10.1. The maximum atomic E-state index is 11.2. The van der Waals surface area contributed by atoms with Gasteiger partial charge in [0.05, 0.1) is 10.6 Å². The van der Waals surface area contributed by atoms with Gasteiger partial charge < -0.3 is 0 Å². The highest BCUT2D eigenvalue weighted by Crippen LogP contribution is 2.24. The number of pyridine rings is 1. The lowest BCUT2D eigenvalue weighted by Crippen LogP contribution is -2.31. The van der Waals surface area contributed by atoms with Crippen LogP contribution in [0.4, 0.5) is 5.69 Å². The first-order chi connectivity index (χ1) is 12.7. The Morgan fingerprint density at radius 2 is 1.96 bits per heavy atom. The van der Waals surface area contributed by atoms with E-state index in [2.05, 4.69) is 14.9 Å². The number of nitrogens with zero attached hydrogens (tertiary/aromatic N) is 5. The van der Waals surface area contributed by atoms with E-state index in [1.54, 1.807) is 24.5 Å². The summed E-state index contributed by atoms with van der Waals surface area (Å²) in [5.41, 5.74) is 3.97. The SMILES string of the molecule is O=[N+]([O-])c1ccccc1CN1CCc2nc(-c3ccncc3)ncc2C1. The Morgan fingerprint density at radius 1 is 1.15 bits per heavy atom. The van der Waals surface area contributed by atoms with Crippen LogP contribution >= 0.6 is 0 Å². The molecule has 2 aromatic heterocycles. The zero-order valence-corrected chi connectivity index (χ0v) is 14.1. The molecule has 0 aliphatic carbocycles. The zero-order valence-electron chi connectivity index (χ0n) is 14.1. The molecule has 1 aliphatic heterocycles. The fourth-order valence-corrected chi connectivity index (χ4v) is 3.21. The molecule has 0 amide bonds. The van der Waals surface area contributed by atoms with Crippen LogP contribution in [-0.2, 0) is 19.5 Å². The number of nitro benzene ring substituents is 1. The van der Waals surface area contributed by atoms with Crippen molar-refractivity contribution in [3.8, 4) is 11.4 Å². The summed E-state index contributed by atoms with van der Waals surface area (Å²) in [7, 11) is 0. The number of fused-ring (bicyclic) bond motifs is 1. The van der Waals surface area contributed by atoms with E-state index < -0.39 is 0 Å².